The molecular formula is C16H20N2. The lowest BCUT2D eigenvalue weighted by Crippen LogP contribution is -2.26. The first-order valence-corrected chi connectivity index (χ1v) is 6.36. The van der Waals surface area contributed by atoms with Gasteiger partial charge in [-0.25, -0.2) is 4.98 Å². The van der Waals surface area contributed by atoms with Gasteiger partial charge in [0.1, 0.15) is 5.82 Å². The summed E-state index contributed by atoms with van der Waals surface area (Å²) in [6.07, 6.45) is 1.84. The van der Waals surface area contributed by atoms with Crippen molar-refractivity contribution in [3.05, 3.63) is 53.7 Å². The normalized spacial score (nSPS) is 10.7. The van der Waals surface area contributed by atoms with Crippen LogP contribution in [0.15, 0.2) is 42.6 Å². The highest BCUT2D eigenvalue weighted by Crippen LogP contribution is 2.27. The van der Waals surface area contributed by atoms with Crippen LogP contribution in [0.3, 0.4) is 0 Å². The lowest BCUT2D eigenvalue weighted by Gasteiger charge is -2.28. The van der Waals surface area contributed by atoms with E-state index in [1.165, 1.54) is 16.8 Å². The molecule has 0 aliphatic carbocycles. The van der Waals surface area contributed by atoms with Gasteiger partial charge in [-0.3, -0.25) is 0 Å². The van der Waals surface area contributed by atoms with E-state index in [4.69, 9.17) is 0 Å². The van der Waals surface area contributed by atoms with Crippen molar-refractivity contribution in [1.82, 2.24) is 4.98 Å². The third-order valence-corrected chi connectivity index (χ3v) is 2.90. The van der Waals surface area contributed by atoms with Crippen LogP contribution in [0.1, 0.15) is 25.0 Å². The molecule has 0 radical (unpaired) electrons. The molecule has 0 aliphatic heterocycles. The largest absolute Gasteiger partial charge is 0.324 e. The minimum Gasteiger partial charge on any atom is -0.324 e. The second-order valence-corrected chi connectivity index (χ2v) is 5.00. The molecular weight excluding hydrogens is 220 g/mol. The fourth-order valence-electron chi connectivity index (χ4n) is 2.28. The Kier molecular flexibility index (Phi) is 3.66. The van der Waals surface area contributed by atoms with Crippen LogP contribution in [0, 0.1) is 13.8 Å². The third kappa shape index (κ3) is 2.70. The summed E-state index contributed by atoms with van der Waals surface area (Å²) in [6, 6.07) is 13.0. The highest BCUT2D eigenvalue weighted by molar-refractivity contribution is 5.62. The van der Waals surface area contributed by atoms with E-state index < -0.39 is 0 Å². The van der Waals surface area contributed by atoms with Crippen LogP contribution in [-0.4, -0.2) is 11.0 Å². The molecule has 0 aliphatic rings. The standard InChI is InChI=1S/C16H20N2/c1-12(2)18(16-7-5-6-8-17-16)15-10-13(3)9-14(4)11-15/h5-12H,1-4H3. The maximum atomic E-state index is 4.46. The van der Waals surface area contributed by atoms with Gasteiger partial charge in [0, 0.05) is 17.9 Å². The van der Waals surface area contributed by atoms with Crippen LogP contribution in [0.2, 0.25) is 0 Å². The van der Waals surface area contributed by atoms with Crippen LogP contribution in [-0.2, 0) is 0 Å². The van der Waals surface area contributed by atoms with E-state index in [0.717, 1.165) is 5.82 Å². The maximum absolute atomic E-state index is 4.46. The predicted molar refractivity (Wildman–Crippen MR) is 77.4 cm³/mol. The number of nitrogens with zero attached hydrogens (tertiary/aromatic N) is 2. The van der Waals surface area contributed by atoms with Crippen molar-refractivity contribution in [2.75, 3.05) is 4.90 Å². The van der Waals surface area contributed by atoms with Crippen LogP contribution in [0.4, 0.5) is 11.5 Å². The van der Waals surface area contributed by atoms with E-state index >= 15 is 0 Å². The maximum Gasteiger partial charge on any atom is 0.133 e. The van der Waals surface area contributed by atoms with Gasteiger partial charge in [0.15, 0.2) is 0 Å². The molecule has 2 nitrogen and oxygen atoms in total. The Morgan fingerprint density at radius 2 is 1.67 bits per heavy atom. The zero-order valence-corrected chi connectivity index (χ0v) is 11.5. The van der Waals surface area contributed by atoms with E-state index in [9.17, 15) is 0 Å². The highest BCUT2D eigenvalue weighted by atomic mass is 15.2. The highest BCUT2D eigenvalue weighted by Gasteiger charge is 2.14. The number of pyridine rings is 1. The van der Waals surface area contributed by atoms with E-state index in [0.29, 0.717) is 6.04 Å². The van der Waals surface area contributed by atoms with Crippen molar-refractivity contribution in [1.29, 1.82) is 0 Å². The summed E-state index contributed by atoms with van der Waals surface area (Å²) in [5.74, 6) is 0.998. The summed E-state index contributed by atoms with van der Waals surface area (Å²) in [7, 11) is 0. The molecule has 0 fully saturated rings. The van der Waals surface area contributed by atoms with Crippen LogP contribution < -0.4 is 4.90 Å². The Bertz CT molecular complexity index is 498. The molecule has 2 heteroatoms. The molecule has 0 atom stereocenters. The Balaban J connectivity index is 2.48. The molecule has 94 valence electrons. The Hall–Kier alpha value is -1.83. The summed E-state index contributed by atoms with van der Waals surface area (Å²) < 4.78 is 0. The fourth-order valence-corrected chi connectivity index (χ4v) is 2.28. The molecule has 2 rings (SSSR count). The van der Waals surface area contributed by atoms with Crippen molar-refractivity contribution in [2.24, 2.45) is 0 Å². The van der Waals surface area contributed by atoms with Crippen molar-refractivity contribution < 1.29 is 0 Å². The van der Waals surface area contributed by atoms with Gasteiger partial charge in [-0.05, 0) is 63.1 Å². The topological polar surface area (TPSA) is 16.1 Å². The quantitative estimate of drug-likeness (QED) is 0.797. The predicted octanol–water partition coefficient (Wildman–Crippen LogP) is 4.24. The lowest BCUT2D eigenvalue weighted by atomic mass is 10.1. The van der Waals surface area contributed by atoms with E-state index in [2.05, 4.69) is 61.8 Å². The molecule has 0 amide bonds. The minimum atomic E-state index is 0.376. The third-order valence-electron chi connectivity index (χ3n) is 2.90. The average molecular weight is 240 g/mol. The van der Waals surface area contributed by atoms with Gasteiger partial charge < -0.3 is 4.90 Å². The number of aryl methyl sites for hydroxylation is 2. The number of anilines is 2. The van der Waals surface area contributed by atoms with Gasteiger partial charge in [0.05, 0.1) is 0 Å². The number of rotatable bonds is 3. The first-order chi connectivity index (χ1) is 8.58. The van der Waals surface area contributed by atoms with E-state index in [-0.39, 0.29) is 0 Å². The summed E-state index contributed by atoms with van der Waals surface area (Å²) in [6.45, 7) is 8.64. The first-order valence-electron chi connectivity index (χ1n) is 6.36. The van der Waals surface area contributed by atoms with Gasteiger partial charge in [0.2, 0.25) is 0 Å². The fraction of sp³-hybridized carbons (Fsp3) is 0.312. The molecule has 1 aromatic carbocycles. The SMILES string of the molecule is Cc1cc(C)cc(N(c2ccccn2)C(C)C)c1. The summed E-state index contributed by atoms with van der Waals surface area (Å²) >= 11 is 0. The minimum absolute atomic E-state index is 0.376. The number of aromatic nitrogens is 1. The molecule has 0 bridgehead atoms. The monoisotopic (exact) mass is 240 g/mol. The van der Waals surface area contributed by atoms with Crippen molar-refractivity contribution in [2.45, 2.75) is 33.7 Å². The summed E-state index contributed by atoms with van der Waals surface area (Å²) in [5, 5.41) is 0. The molecule has 0 spiro atoms. The Morgan fingerprint density at radius 1 is 1.00 bits per heavy atom. The molecule has 0 unspecified atom stereocenters. The van der Waals surface area contributed by atoms with E-state index in [1.54, 1.807) is 0 Å². The number of benzene rings is 1. The van der Waals surface area contributed by atoms with Gasteiger partial charge in [0.25, 0.3) is 0 Å². The molecule has 0 saturated carbocycles. The summed E-state index contributed by atoms with van der Waals surface area (Å²) in [5.41, 5.74) is 3.78. The second kappa shape index (κ2) is 5.21. The first kappa shape index (κ1) is 12.6. The number of hydrogen-bond acceptors (Lipinski definition) is 2. The molecule has 2 aromatic rings. The van der Waals surface area contributed by atoms with Gasteiger partial charge in [-0.15, -0.1) is 0 Å². The summed E-state index contributed by atoms with van der Waals surface area (Å²) in [4.78, 5) is 6.73. The zero-order valence-electron chi connectivity index (χ0n) is 11.5. The average Bonchev–Trinajstić information content (AvgIpc) is 2.28. The molecule has 1 aromatic heterocycles. The van der Waals surface area contributed by atoms with Crippen LogP contribution in [0.25, 0.3) is 0 Å². The van der Waals surface area contributed by atoms with Crippen molar-refractivity contribution in [3.8, 4) is 0 Å². The Morgan fingerprint density at radius 3 is 2.17 bits per heavy atom. The van der Waals surface area contributed by atoms with Gasteiger partial charge in [-0.2, -0.15) is 0 Å². The van der Waals surface area contributed by atoms with Gasteiger partial charge >= 0.3 is 0 Å². The zero-order chi connectivity index (χ0) is 13.1. The van der Waals surface area contributed by atoms with E-state index in [1.807, 2.05) is 18.3 Å². The molecule has 0 saturated heterocycles. The smallest absolute Gasteiger partial charge is 0.133 e. The lowest BCUT2D eigenvalue weighted by molar-refractivity contribution is 0.776. The number of hydrogen-bond donors (Lipinski definition) is 0. The molecule has 0 N–H and O–H groups in total. The van der Waals surface area contributed by atoms with Crippen LogP contribution in [0.5, 0.6) is 0 Å². The molecule has 1 heterocycles. The van der Waals surface area contributed by atoms with Gasteiger partial charge in [-0.1, -0.05) is 12.1 Å². The Labute approximate surface area is 109 Å². The van der Waals surface area contributed by atoms with Crippen molar-refractivity contribution >= 4 is 11.5 Å². The van der Waals surface area contributed by atoms with Crippen LogP contribution >= 0.6 is 0 Å². The van der Waals surface area contributed by atoms with Crippen molar-refractivity contribution in [3.63, 3.8) is 0 Å². The second-order valence-electron chi connectivity index (χ2n) is 5.00. The molecule has 18 heavy (non-hydrogen) atoms.